The highest BCUT2D eigenvalue weighted by Crippen LogP contribution is 2.33. The predicted molar refractivity (Wildman–Crippen MR) is 129 cm³/mol. The maximum absolute atomic E-state index is 13.3. The molecule has 0 saturated carbocycles. The summed E-state index contributed by atoms with van der Waals surface area (Å²) in [7, 11) is 0. The smallest absolute Gasteiger partial charge is 0.416 e. The molecule has 2 aromatic rings. The summed E-state index contributed by atoms with van der Waals surface area (Å²) < 4.78 is 63.7. The van der Waals surface area contributed by atoms with Crippen molar-refractivity contribution in [3.8, 4) is 5.75 Å². The average Bonchev–Trinajstić information content (AvgIpc) is 2.90. The third kappa shape index (κ3) is 7.44. The van der Waals surface area contributed by atoms with E-state index in [0.29, 0.717) is 18.9 Å². The zero-order valence-electron chi connectivity index (χ0n) is 20.7. The van der Waals surface area contributed by atoms with Crippen molar-refractivity contribution in [2.24, 2.45) is 0 Å². The number of carboxylic acid groups (broad SMARTS) is 1. The zero-order valence-corrected chi connectivity index (χ0v) is 20.7. The molecule has 2 aromatic carbocycles. The van der Waals surface area contributed by atoms with Crippen molar-refractivity contribution in [3.05, 3.63) is 65.0 Å². The van der Waals surface area contributed by atoms with Crippen LogP contribution in [0.5, 0.6) is 5.75 Å². The minimum absolute atomic E-state index is 0.131. The van der Waals surface area contributed by atoms with Gasteiger partial charge in [0.25, 0.3) is 0 Å². The van der Waals surface area contributed by atoms with Crippen LogP contribution in [-0.4, -0.2) is 60.3 Å². The van der Waals surface area contributed by atoms with E-state index in [-0.39, 0.29) is 29.7 Å². The summed E-state index contributed by atoms with van der Waals surface area (Å²) in [6, 6.07) is 9.72. The number of carbonyl (C=O) groups is 2. The normalized spacial score (nSPS) is 21.2. The van der Waals surface area contributed by atoms with Crippen molar-refractivity contribution in [1.82, 2.24) is 10.2 Å². The quantitative estimate of drug-likeness (QED) is 0.486. The maximum Gasteiger partial charge on any atom is 0.416 e. The van der Waals surface area contributed by atoms with Crippen LogP contribution in [0.4, 0.5) is 17.6 Å². The number of aliphatic carboxylic acids is 1. The molecule has 2 aliphatic rings. The van der Waals surface area contributed by atoms with Gasteiger partial charge in [0, 0.05) is 12.6 Å². The predicted octanol–water partition coefficient (Wildman–Crippen LogP) is 4.35. The summed E-state index contributed by atoms with van der Waals surface area (Å²) in [6.07, 6.45) is -2.19. The standard InChI is InChI=1S/C27H30F4N2O5/c28-21-3-1-18(2-4-21)19-7-9-33(10-8-19)22-5-6-24(38-15-22)26(36)32-14-17-11-20(27(29,30)31)13-23(12-17)37-16-25(34)35/h1-4,11-13,19,22,24H,5-10,14-16H2,(H,32,36)(H,34,35)/t22?,24-/m1/s1. The van der Waals surface area contributed by atoms with Crippen LogP contribution in [0, 0.1) is 5.82 Å². The summed E-state index contributed by atoms with van der Waals surface area (Å²) in [4.78, 5) is 25.7. The monoisotopic (exact) mass is 538 g/mol. The Morgan fingerprint density at radius 1 is 1.05 bits per heavy atom. The highest BCUT2D eigenvalue weighted by molar-refractivity contribution is 5.80. The molecule has 0 aromatic heterocycles. The van der Waals surface area contributed by atoms with Gasteiger partial charge in [-0.15, -0.1) is 0 Å². The van der Waals surface area contributed by atoms with Crippen LogP contribution in [0.3, 0.4) is 0 Å². The second-order valence-corrected chi connectivity index (χ2v) is 9.68. The van der Waals surface area contributed by atoms with Gasteiger partial charge in [0.2, 0.25) is 5.91 Å². The number of likely N-dealkylation sites (tertiary alicyclic amines) is 1. The number of hydrogen-bond acceptors (Lipinski definition) is 5. The van der Waals surface area contributed by atoms with Crippen LogP contribution >= 0.6 is 0 Å². The number of halogens is 4. The molecule has 0 bridgehead atoms. The van der Waals surface area contributed by atoms with Crippen molar-refractivity contribution in [1.29, 1.82) is 0 Å². The fourth-order valence-electron chi connectivity index (χ4n) is 5.02. The van der Waals surface area contributed by atoms with Crippen LogP contribution < -0.4 is 10.1 Å². The number of nitrogens with zero attached hydrogens (tertiary/aromatic N) is 1. The molecule has 2 N–H and O–H groups in total. The number of carbonyl (C=O) groups excluding carboxylic acids is 1. The van der Waals surface area contributed by atoms with Crippen molar-refractivity contribution >= 4 is 11.9 Å². The summed E-state index contributed by atoms with van der Waals surface area (Å²) in [5.41, 5.74) is 0.278. The number of nitrogens with one attached hydrogen (secondary N) is 1. The summed E-state index contributed by atoms with van der Waals surface area (Å²) in [5.74, 6) is -1.83. The van der Waals surface area contributed by atoms with Gasteiger partial charge < -0.3 is 19.9 Å². The minimum Gasteiger partial charge on any atom is -0.482 e. The van der Waals surface area contributed by atoms with Crippen molar-refractivity contribution in [3.63, 3.8) is 0 Å². The fraction of sp³-hybridized carbons (Fsp3) is 0.481. The first-order chi connectivity index (χ1) is 18.1. The second kappa shape index (κ2) is 12.1. The van der Waals surface area contributed by atoms with Gasteiger partial charge in [-0.1, -0.05) is 12.1 Å². The van der Waals surface area contributed by atoms with E-state index < -0.39 is 36.3 Å². The first-order valence-electron chi connectivity index (χ1n) is 12.5. The number of amides is 1. The molecule has 206 valence electrons. The number of piperidine rings is 1. The maximum atomic E-state index is 13.3. The number of carboxylic acids is 1. The molecule has 7 nitrogen and oxygen atoms in total. The van der Waals surface area contributed by atoms with Gasteiger partial charge in [-0.3, -0.25) is 9.69 Å². The number of alkyl halides is 3. The topological polar surface area (TPSA) is 88.1 Å². The molecule has 0 spiro atoms. The van der Waals surface area contributed by atoms with Crippen LogP contribution in [0.15, 0.2) is 42.5 Å². The first-order valence-corrected chi connectivity index (χ1v) is 12.5. The Kier molecular flexibility index (Phi) is 8.88. The second-order valence-electron chi connectivity index (χ2n) is 9.68. The third-order valence-electron chi connectivity index (χ3n) is 7.05. The molecular weight excluding hydrogens is 508 g/mol. The van der Waals surface area contributed by atoms with Gasteiger partial charge in [-0.25, -0.2) is 9.18 Å². The van der Waals surface area contributed by atoms with Crippen LogP contribution in [0.2, 0.25) is 0 Å². The zero-order chi connectivity index (χ0) is 27.3. The fourth-order valence-corrected chi connectivity index (χ4v) is 5.02. The van der Waals surface area contributed by atoms with Gasteiger partial charge >= 0.3 is 12.1 Å². The molecule has 1 amide bonds. The molecule has 0 aliphatic carbocycles. The lowest BCUT2D eigenvalue weighted by Gasteiger charge is -2.40. The number of rotatable bonds is 8. The Morgan fingerprint density at radius 3 is 2.37 bits per heavy atom. The van der Waals surface area contributed by atoms with E-state index in [1.807, 2.05) is 12.1 Å². The summed E-state index contributed by atoms with van der Waals surface area (Å²) in [6.45, 7) is 1.18. The SMILES string of the molecule is O=C(O)COc1cc(CNC(=O)[C@H]2CCC(N3CCC(c4ccc(F)cc4)CC3)CO2)cc(C(F)(F)F)c1. The molecule has 1 unspecified atom stereocenters. The molecule has 4 rings (SSSR count). The lowest BCUT2D eigenvalue weighted by molar-refractivity contribution is -0.139. The number of benzene rings is 2. The summed E-state index contributed by atoms with van der Waals surface area (Å²) in [5, 5.41) is 11.3. The largest absolute Gasteiger partial charge is 0.482 e. The molecule has 0 radical (unpaired) electrons. The van der Waals surface area contributed by atoms with Gasteiger partial charge in [-0.05, 0) is 86.1 Å². The van der Waals surface area contributed by atoms with Crippen LogP contribution in [0.1, 0.15) is 48.3 Å². The Morgan fingerprint density at radius 2 is 1.76 bits per heavy atom. The van der Waals surface area contributed by atoms with E-state index in [2.05, 4.69) is 10.2 Å². The van der Waals surface area contributed by atoms with E-state index in [4.69, 9.17) is 14.6 Å². The molecular formula is C27H30F4N2O5. The number of ether oxygens (including phenoxy) is 2. The molecule has 2 aliphatic heterocycles. The lowest BCUT2D eigenvalue weighted by atomic mass is 9.88. The van der Waals surface area contributed by atoms with Crippen molar-refractivity contribution in [2.45, 2.75) is 56.5 Å². The van der Waals surface area contributed by atoms with Crippen molar-refractivity contribution < 1.29 is 41.7 Å². The summed E-state index contributed by atoms with van der Waals surface area (Å²) >= 11 is 0. The van der Waals surface area contributed by atoms with E-state index in [0.717, 1.165) is 50.0 Å². The Labute approximate surface area is 217 Å². The van der Waals surface area contributed by atoms with Gasteiger partial charge in [0.15, 0.2) is 6.61 Å². The van der Waals surface area contributed by atoms with Crippen molar-refractivity contribution in [2.75, 3.05) is 26.3 Å². The molecule has 11 heteroatoms. The number of hydrogen-bond donors (Lipinski definition) is 2. The van der Waals surface area contributed by atoms with E-state index in [9.17, 15) is 27.2 Å². The lowest BCUT2D eigenvalue weighted by Crippen LogP contribution is -2.49. The van der Waals surface area contributed by atoms with Gasteiger partial charge in [0.1, 0.15) is 17.7 Å². The third-order valence-corrected chi connectivity index (χ3v) is 7.05. The Bertz CT molecular complexity index is 1110. The molecule has 2 atom stereocenters. The van der Waals surface area contributed by atoms with Crippen LogP contribution in [-0.2, 0) is 27.0 Å². The van der Waals surface area contributed by atoms with Crippen LogP contribution in [0.25, 0.3) is 0 Å². The molecule has 2 fully saturated rings. The van der Waals surface area contributed by atoms with E-state index >= 15 is 0 Å². The first kappa shape index (κ1) is 27.8. The molecule has 2 heterocycles. The molecule has 2 saturated heterocycles. The minimum atomic E-state index is -4.66. The van der Waals surface area contributed by atoms with Gasteiger partial charge in [0.05, 0.1) is 12.2 Å². The van der Waals surface area contributed by atoms with E-state index in [1.165, 1.54) is 18.2 Å². The highest BCUT2D eigenvalue weighted by atomic mass is 19.4. The van der Waals surface area contributed by atoms with E-state index in [1.54, 1.807) is 0 Å². The average molecular weight is 539 g/mol. The Hall–Kier alpha value is -3.18. The van der Waals surface area contributed by atoms with Gasteiger partial charge in [-0.2, -0.15) is 13.2 Å². The Balaban J connectivity index is 1.25. The molecule has 38 heavy (non-hydrogen) atoms. The highest BCUT2D eigenvalue weighted by Gasteiger charge is 2.33.